The van der Waals surface area contributed by atoms with Crippen molar-refractivity contribution in [1.82, 2.24) is 4.90 Å². The molecular formula is C20H20F3NO3. The number of hydrogen-bond donors (Lipinski definition) is 0. The van der Waals surface area contributed by atoms with Crippen molar-refractivity contribution in [3.63, 3.8) is 0 Å². The zero-order valence-electron chi connectivity index (χ0n) is 15.0. The first-order chi connectivity index (χ1) is 12.7. The first kappa shape index (κ1) is 20.5. The summed E-state index contributed by atoms with van der Waals surface area (Å²) in [5.41, 5.74) is -0.281. The number of nitrogens with zero attached hydrogens (tertiary/aromatic N) is 1. The minimum Gasteiger partial charge on any atom is -0.452 e. The van der Waals surface area contributed by atoms with Gasteiger partial charge in [-0.05, 0) is 37.6 Å². The molecule has 0 N–H and O–H groups in total. The molecule has 0 aliphatic heterocycles. The zero-order valence-corrected chi connectivity index (χ0v) is 15.0. The van der Waals surface area contributed by atoms with Gasteiger partial charge in [0.1, 0.15) is 0 Å². The highest BCUT2D eigenvalue weighted by molar-refractivity contribution is 5.91. The topological polar surface area (TPSA) is 46.6 Å². The van der Waals surface area contributed by atoms with Crippen LogP contribution in [0.1, 0.15) is 35.3 Å². The lowest BCUT2D eigenvalue weighted by molar-refractivity contribution is -0.138. The van der Waals surface area contributed by atoms with Crippen LogP contribution in [0.25, 0.3) is 0 Å². The number of carbonyl (C=O) groups is 2. The lowest BCUT2D eigenvalue weighted by Gasteiger charge is -2.26. The van der Waals surface area contributed by atoms with E-state index in [4.69, 9.17) is 4.74 Å². The van der Waals surface area contributed by atoms with Crippen LogP contribution in [0.2, 0.25) is 0 Å². The zero-order chi connectivity index (χ0) is 20.0. The van der Waals surface area contributed by atoms with Gasteiger partial charge in [0.2, 0.25) is 0 Å². The number of halogens is 3. The summed E-state index contributed by atoms with van der Waals surface area (Å²) in [6, 6.07) is 13.1. The fourth-order valence-electron chi connectivity index (χ4n) is 2.45. The molecule has 7 heteroatoms. The molecule has 0 atom stereocenters. The summed E-state index contributed by atoms with van der Waals surface area (Å²) in [6.07, 6.45) is -4.56. The molecular weight excluding hydrogens is 359 g/mol. The van der Waals surface area contributed by atoms with Crippen LogP contribution < -0.4 is 0 Å². The predicted molar refractivity (Wildman–Crippen MR) is 93.9 cm³/mol. The van der Waals surface area contributed by atoms with Gasteiger partial charge in [0.05, 0.1) is 11.1 Å². The molecule has 0 fully saturated rings. The third kappa shape index (κ3) is 5.84. The van der Waals surface area contributed by atoms with Crippen molar-refractivity contribution in [3.8, 4) is 0 Å². The van der Waals surface area contributed by atoms with Crippen molar-refractivity contribution in [1.29, 1.82) is 0 Å². The Bertz CT molecular complexity index is 789. The van der Waals surface area contributed by atoms with E-state index < -0.39 is 30.2 Å². The van der Waals surface area contributed by atoms with E-state index in [1.54, 1.807) is 0 Å². The van der Waals surface area contributed by atoms with Crippen molar-refractivity contribution in [2.75, 3.05) is 6.61 Å². The van der Waals surface area contributed by atoms with Crippen LogP contribution in [0.15, 0.2) is 54.6 Å². The molecule has 0 radical (unpaired) electrons. The van der Waals surface area contributed by atoms with E-state index >= 15 is 0 Å². The van der Waals surface area contributed by atoms with Gasteiger partial charge in [-0.1, -0.05) is 36.4 Å². The Morgan fingerprint density at radius 2 is 1.70 bits per heavy atom. The van der Waals surface area contributed by atoms with Crippen LogP contribution in [-0.2, 0) is 22.3 Å². The molecule has 0 saturated carbocycles. The molecule has 0 aliphatic carbocycles. The van der Waals surface area contributed by atoms with Crippen LogP contribution in [0.5, 0.6) is 0 Å². The number of hydrogen-bond acceptors (Lipinski definition) is 3. The maximum Gasteiger partial charge on any atom is 0.416 e. The van der Waals surface area contributed by atoms with E-state index in [2.05, 4.69) is 0 Å². The predicted octanol–water partition coefficient (Wildman–Crippen LogP) is 4.30. The lowest BCUT2D eigenvalue weighted by Crippen LogP contribution is -2.39. The third-order valence-electron chi connectivity index (χ3n) is 3.89. The molecule has 2 aromatic rings. The van der Waals surface area contributed by atoms with Crippen LogP contribution in [0.3, 0.4) is 0 Å². The van der Waals surface area contributed by atoms with Gasteiger partial charge in [0.15, 0.2) is 6.61 Å². The second-order valence-corrected chi connectivity index (χ2v) is 6.26. The first-order valence-electron chi connectivity index (χ1n) is 8.36. The van der Waals surface area contributed by atoms with Gasteiger partial charge < -0.3 is 9.64 Å². The van der Waals surface area contributed by atoms with Crippen LogP contribution >= 0.6 is 0 Å². The number of ether oxygens (including phenoxy) is 1. The Hall–Kier alpha value is -2.83. The summed E-state index contributed by atoms with van der Waals surface area (Å²) in [6.45, 7) is 3.46. The number of alkyl halides is 3. The average molecular weight is 379 g/mol. The standard InChI is InChI=1S/C20H20F3NO3/c1-14(2)24(12-15-7-4-3-5-8-15)18(25)13-27-19(26)16-9-6-10-17(11-16)20(21,22)23/h3-11,14H,12-13H2,1-2H3. The first-order valence-corrected chi connectivity index (χ1v) is 8.36. The normalized spacial score (nSPS) is 11.3. The van der Waals surface area contributed by atoms with Crippen molar-refractivity contribution >= 4 is 11.9 Å². The van der Waals surface area contributed by atoms with E-state index in [0.717, 1.165) is 17.7 Å². The summed E-state index contributed by atoms with van der Waals surface area (Å²) >= 11 is 0. The summed E-state index contributed by atoms with van der Waals surface area (Å²) < 4.78 is 43.1. The second-order valence-electron chi connectivity index (χ2n) is 6.26. The maximum atomic E-state index is 12.7. The van der Waals surface area contributed by atoms with Gasteiger partial charge in [-0.2, -0.15) is 13.2 Å². The SMILES string of the molecule is CC(C)N(Cc1ccccc1)C(=O)COC(=O)c1cccc(C(F)(F)F)c1. The van der Waals surface area contributed by atoms with E-state index in [0.29, 0.717) is 12.6 Å². The molecule has 0 heterocycles. The molecule has 0 bridgehead atoms. The fraction of sp³-hybridized carbons (Fsp3) is 0.300. The highest BCUT2D eigenvalue weighted by atomic mass is 19.4. The molecule has 144 valence electrons. The molecule has 0 aliphatic rings. The molecule has 4 nitrogen and oxygen atoms in total. The van der Waals surface area contributed by atoms with Gasteiger partial charge in [0, 0.05) is 12.6 Å². The van der Waals surface area contributed by atoms with Gasteiger partial charge in [-0.15, -0.1) is 0 Å². The van der Waals surface area contributed by atoms with Crippen molar-refractivity contribution in [3.05, 3.63) is 71.3 Å². The average Bonchev–Trinajstić information content (AvgIpc) is 2.64. The Balaban J connectivity index is 2.01. The Morgan fingerprint density at radius 3 is 2.30 bits per heavy atom. The summed E-state index contributed by atoms with van der Waals surface area (Å²) in [4.78, 5) is 26.0. The smallest absolute Gasteiger partial charge is 0.416 e. The Kier molecular flexibility index (Phi) is 6.60. The van der Waals surface area contributed by atoms with E-state index in [9.17, 15) is 22.8 Å². The number of carbonyl (C=O) groups excluding carboxylic acids is 2. The largest absolute Gasteiger partial charge is 0.452 e. The summed E-state index contributed by atoms with van der Waals surface area (Å²) in [5.74, 6) is -1.40. The van der Waals surface area contributed by atoms with Gasteiger partial charge in [-0.3, -0.25) is 4.79 Å². The van der Waals surface area contributed by atoms with Gasteiger partial charge in [-0.25, -0.2) is 4.79 Å². The van der Waals surface area contributed by atoms with Crippen molar-refractivity contribution < 1.29 is 27.5 Å². The minimum atomic E-state index is -4.56. The van der Waals surface area contributed by atoms with Crippen LogP contribution in [-0.4, -0.2) is 29.4 Å². The number of benzene rings is 2. The van der Waals surface area contributed by atoms with Crippen LogP contribution in [0, 0.1) is 0 Å². The summed E-state index contributed by atoms with van der Waals surface area (Å²) in [7, 11) is 0. The number of esters is 1. The maximum absolute atomic E-state index is 12.7. The molecule has 0 aromatic heterocycles. The molecule has 1 amide bonds. The van der Waals surface area contributed by atoms with E-state index in [1.165, 1.54) is 11.0 Å². The molecule has 0 unspecified atom stereocenters. The second kappa shape index (κ2) is 8.70. The van der Waals surface area contributed by atoms with Crippen molar-refractivity contribution in [2.24, 2.45) is 0 Å². The highest BCUT2D eigenvalue weighted by Gasteiger charge is 2.31. The molecule has 2 aromatic carbocycles. The monoisotopic (exact) mass is 379 g/mol. The molecule has 27 heavy (non-hydrogen) atoms. The Labute approximate surface area is 155 Å². The minimum absolute atomic E-state index is 0.134. The molecule has 2 rings (SSSR count). The van der Waals surface area contributed by atoms with Crippen molar-refractivity contribution in [2.45, 2.75) is 32.6 Å². The van der Waals surface area contributed by atoms with Gasteiger partial charge in [0.25, 0.3) is 5.91 Å². The number of amides is 1. The fourth-order valence-corrected chi connectivity index (χ4v) is 2.45. The summed E-state index contributed by atoms with van der Waals surface area (Å²) in [5, 5.41) is 0. The lowest BCUT2D eigenvalue weighted by atomic mass is 10.1. The number of rotatable bonds is 6. The van der Waals surface area contributed by atoms with Gasteiger partial charge >= 0.3 is 12.1 Å². The molecule has 0 saturated heterocycles. The highest BCUT2D eigenvalue weighted by Crippen LogP contribution is 2.29. The third-order valence-corrected chi connectivity index (χ3v) is 3.89. The van der Waals surface area contributed by atoms with E-state index in [-0.39, 0.29) is 11.6 Å². The Morgan fingerprint density at radius 1 is 1.04 bits per heavy atom. The van der Waals surface area contributed by atoms with E-state index in [1.807, 2.05) is 44.2 Å². The molecule has 0 spiro atoms. The van der Waals surface area contributed by atoms with Crippen LogP contribution in [0.4, 0.5) is 13.2 Å². The quantitative estimate of drug-likeness (QED) is 0.703.